The van der Waals surface area contributed by atoms with Crippen LogP contribution in [0.3, 0.4) is 0 Å². The molecule has 4 aromatic rings. The quantitative estimate of drug-likeness (QED) is 0.497. The highest BCUT2D eigenvalue weighted by Crippen LogP contribution is 2.36. The van der Waals surface area contributed by atoms with E-state index in [2.05, 4.69) is 10.5 Å². The molecule has 2 aromatic carbocycles. The molecule has 1 aliphatic heterocycles. The maximum Gasteiger partial charge on any atom is 0.257 e. The van der Waals surface area contributed by atoms with Crippen LogP contribution in [0.4, 0.5) is 5.82 Å². The van der Waals surface area contributed by atoms with E-state index in [0.717, 1.165) is 16.5 Å². The van der Waals surface area contributed by atoms with Gasteiger partial charge in [0.1, 0.15) is 5.76 Å². The van der Waals surface area contributed by atoms with E-state index in [9.17, 15) is 4.79 Å². The molecule has 1 amide bonds. The number of amides is 1. The summed E-state index contributed by atoms with van der Waals surface area (Å²) in [6.07, 6.45) is 0. The third-order valence-electron chi connectivity index (χ3n) is 5.12. The molecule has 1 N–H and O–H groups in total. The number of anilines is 1. The van der Waals surface area contributed by atoms with E-state index in [1.807, 2.05) is 63.2 Å². The third-order valence-corrected chi connectivity index (χ3v) is 5.12. The molecule has 0 radical (unpaired) electrons. The molecule has 7 heteroatoms. The van der Waals surface area contributed by atoms with Crippen LogP contribution in [0, 0.1) is 0 Å². The zero-order chi connectivity index (χ0) is 21.6. The van der Waals surface area contributed by atoms with Gasteiger partial charge in [-0.1, -0.05) is 44.1 Å². The number of nitrogens with one attached hydrogen (secondary N) is 1. The number of fused-ring (bicyclic) bond motifs is 2. The first-order chi connectivity index (χ1) is 14.9. The molecular formula is C24H21N3O4. The zero-order valence-electron chi connectivity index (χ0n) is 17.4. The van der Waals surface area contributed by atoms with E-state index in [-0.39, 0.29) is 18.1 Å². The molecule has 0 bridgehead atoms. The third kappa shape index (κ3) is 3.59. The molecule has 5 rings (SSSR count). The molecule has 7 nitrogen and oxygen atoms in total. The molecule has 0 saturated heterocycles. The molecule has 1 aliphatic rings. The number of pyridine rings is 1. The molecule has 31 heavy (non-hydrogen) atoms. The lowest BCUT2D eigenvalue weighted by molar-refractivity contribution is 0.102. The molecule has 0 atom stereocenters. The number of para-hydroxylation sites is 1. The lowest BCUT2D eigenvalue weighted by Gasteiger charge is -2.12. The summed E-state index contributed by atoms with van der Waals surface area (Å²) < 4.78 is 16.3. The Labute approximate surface area is 179 Å². The molecule has 0 spiro atoms. The maximum atomic E-state index is 13.2. The van der Waals surface area contributed by atoms with Gasteiger partial charge in [0.05, 0.1) is 16.8 Å². The Morgan fingerprint density at radius 2 is 1.81 bits per heavy atom. The minimum atomic E-state index is -0.283. The summed E-state index contributed by atoms with van der Waals surface area (Å²) in [7, 11) is 0. The van der Waals surface area contributed by atoms with Crippen molar-refractivity contribution in [1.82, 2.24) is 10.1 Å². The van der Waals surface area contributed by atoms with Gasteiger partial charge in [-0.25, -0.2) is 4.98 Å². The van der Waals surface area contributed by atoms with Gasteiger partial charge in [-0.15, -0.1) is 0 Å². The lowest BCUT2D eigenvalue weighted by atomic mass is 9.93. The van der Waals surface area contributed by atoms with Crippen LogP contribution >= 0.6 is 0 Å². The summed E-state index contributed by atoms with van der Waals surface area (Å²) in [5.74, 6) is 2.15. The fraction of sp³-hybridized carbons (Fsp3) is 0.208. The van der Waals surface area contributed by atoms with Crippen molar-refractivity contribution in [3.63, 3.8) is 0 Å². The highest BCUT2D eigenvalue weighted by molar-refractivity contribution is 6.12. The first-order valence-corrected chi connectivity index (χ1v) is 9.97. The Hall–Kier alpha value is -3.87. The van der Waals surface area contributed by atoms with Crippen molar-refractivity contribution < 1.29 is 18.8 Å². The van der Waals surface area contributed by atoms with Gasteiger partial charge in [0.25, 0.3) is 5.91 Å². The molecule has 156 valence electrons. The van der Waals surface area contributed by atoms with E-state index in [4.69, 9.17) is 19.0 Å². The summed E-state index contributed by atoms with van der Waals surface area (Å²) in [5.41, 5.74) is 2.52. The van der Waals surface area contributed by atoms with Crippen LogP contribution in [-0.4, -0.2) is 22.8 Å². The number of benzene rings is 2. The van der Waals surface area contributed by atoms with Crippen LogP contribution in [0.2, 0.25) is 0 Å². The SMILES string of the molecule is CC(C)(C)c1cc(NC(=O)c2cc(-c3ccc4c(c3)OCO4)nc3ccccc23)no1. The van der Waals surface area contributed by atoms with Crippen LogP contribution in [-0.2, 0) is 5.41 Å². The van der Waals surface area contributed by atoms with Crippen molar-refractivity contribution >= 4 is 22.6 Å². The second kappa shape index (κ2) is 7.12. The average Bonchev–Trinajstić information content (AvgIpc) is 3.41. The largest absolute Gasteiger partial charge is 0.454 e. The minimum Gasteiger partial charge on any atom is -0.454 e. The van der Waals surface area contributed by atoms with Crippen LogP contribution in [0.15, 0.2) is 59.1 Å². The van der Waals surface area contributed by atoms with Gasteiger partial charge in [0, 0.05) is 22.4 Å². The molecule has 3 heterocycles. The summed E-state index contributed by atoms with van der Waals surface area (Å²) in [5, 5.41) is 7.60. The topological polar surface area (TPSA) is 86.5 Å². The van der Waals surface area contributed by atoms with Crippen molar-refractivity contribution in [1.29, 1.82) is 0 Å². The highest BCUT2D eigenvalue weighted by atomic mass is 16.7. The van der Waals surface area contributed by atoms with Crippen LogP contribution in [0.1, 0.15) is 36.9 Å². The summed E-state index contributed by atoms with van der Waals surface area (Å²) in [6, 6.07) is 16.7. The van der Waals surface area contributed by atoms with Gasteiger partial charge in [-0.05, 0) is 30.3 Å². The van der Waals surface area contributed by atoms with Gasteiger partial charge in [0.15, 0.2) is 17.3 Å². The van der Waals surface area contributed by atoms with Crippen molar-refractivity contribution in [3.05, 3.63) is 65.9 Å². The summed E-state index contributed by atoms with van der Waals surface area (Å²) in [6.45, 7) is 6.26. The molecule has 0 fully saturated rings. The van der Waals surface area contributed by atoms with Crippen molar-refractivity contribution in [3.8, 4) is 22.8 Å². The average molecular weight is 415 g/mol. The molecule has 0 saturated carbocycles. The highest BCUT2D eigenvalue weighted by Gasteiger charge is 2.22. The standard InChI is InChI=1S/C24H21N3O4/c1-24(2,3)21-12-22(27-31-21)26-23(28)16-11-18(25-17-7-5-4-6-15(16)17)14-8-9-19-20(10-14)30-13-29-19/h4-12H,13H2,1-3H3,(H,26,27,28). The Morgan fingerprint density at radius 3 is 2.61 bits per heavy atom. The predicted molar refractivity (Wildman–Crippen MR) is 116 cm³/mol. The van der Waals surface area contributed by atoms with Crippen molar-refractivity contribution in [2.24, 2.45) is 0 Å². The fourth-order valence-electron chi connectivity index (χ4n) is 3.44. The van der Waals surface area contributed by atoms with Gasteiger partial charge in [-0.2, -0.15) is 0 Å². The number of carbonyl (C=O) groups excluding carboxylic acids is 1. The first-order valence-electron chi connectivity index (χ1n) is 9.97. The monoisotopic (exact) mass is 415 g/mol. The molecular weight excluding hydrogens is 394 g/mol. The number of nitrogens with zero attached hydrogens (tertiary/aromatic N) is 2. The number of hydrogen-bond acceptors (Lipinski definition) is 6. The minimum absolute atomic E-state index is 0.200. The van der Waals surface area contributed by atoms with E-state index >= 15 is 0 Å². The van der Waals surface area contributed by atoms with Crippen LogP contribution in [0.5, 0.6) is 11.5 Å². The molecule has 2 aromatic heterocycles. The number of aromatic nitrogens is 2. The van der Waals surface area contributed by atoms with Gasteiger partial charge < -0.3 is 19.3 Å². The van der Waals surface area contributed by atoms with Gasteiger partial charge in [-0.3, -0.25) is 4.79 Å². The van der Waals surface area contributed by atoms with E-state index < -0.39 is 0 Å². The Kier molecular flexibility index (Phi) is 4.39. The second-order valence-electron chi connectivity index (χ2n) is 8.42. The Morgan fingerprint density at radius 1 is 1.00 bits per heavy atom. The number of ether oxygens (including phenoxy) is 2. The van der Waals surface area contributed by atoms with E-state index in [1.54, 1.807) is 12.1 Å². The predicted octanol–water partition coefficient (Wildman–Crippen LogP) is 5.17. The first kappa shape index (κ1) is 19.1. The lowest BCUT2D eigenvalue weighted by Crippen LogP contribution is -2.13. The van der Waals surface area contributed by atoms with Gasteiger partial charge in [0.2, 0.25) is 6.79 Å². The van der Waals surface area contributed by atoms with E-state index in [1.165, 1.54) is 0 Å². The van der Waals surface area contributed by atoms with Crippen molar-refractivity contribution in [2.45, 2.75) is 26.2 Å². The smallest absolute Gasteiger partial charge is 0.257 e. The van der Waals surface area contributed by atoms with Gasteiger partial charge >= 0.3 is 0 Å². The fourth-order valence-corrected chi connectivity index (χ4v) is 3.44. The number of rotatable bonds is 3. The molecule has 0 unspecified atom stereocenters. The molecule has 0 aliphatic carbocycles. The van der Waals surface area contributed by atoms with E-state index in [0.29, 0.717) is 34.3 Å². The van der Waals surface area contributed by atoms with Crippen LogP contribution < -0.4 is 14.8 Å². The van der Waals surface area contributed by atoms with Crippen LogP contribution in [0.25, 0.3) is 22.2 Å². The summed E-state index contributed by atoms with van der Waals surface area (Å²) >= 11 is 0. The zero-order valence-corrected chi connectivity index (χ0v) is 17.4. The second-order valence-corrected chi connectivity index (χ2v) is 8.42. The van der Waals surface area contributed by atoms with Crippen molar-refractivity contribution in [2.75, 3.05) is 12.1 Å². The Bertz CT molecular complexity index is 1300. The maximum absolute atomic E-state index is 13.2. The number of hydrogen-bond donors (Lipinski definition) is 1. The normalized spacial score (nSPS) is 12.9. The summed E-state index contributed by atoms with van der Waals surface area (Å²) in [4.78, 5) is 17.9. The number of carbonyl (C=O) groups is 1. The Balaban J connectivity index is 1.54.